The molecule has 2 heteroatoms. The third-order valence-corrected chi connectivity index (χ3v) is 3.12. The van der Waals surface area contributed by atoms with Crippen LogP contribution in [0, 0.1) is 0 Å². The zero-order valence-corrected chi connectivity index (χ0v) is 11.9. The molecule has 0 aromatic carbocycles. The standard InChI is InChI=1S/C14H31NO/c1-6-11-15-13(3)10-8-9-12-16-14(4,5)7-2/h13,15H,6-12H2,1-5H3. The molecule has 1 atom stereocenters. The molecule has 0 aromatic heterocycles. The van der Waals surface area contributed by atoms with Gasteiger partial charge in [-0.2, -0.15) is 0 Å². The molecule has 1 N–H and O–H groups in total. The fraction of sp³-hybridized carbons (Fsp3) is 1.00. The van der Waals surface area contributed by atoms with Crippen LogP contribution < -0.4 is 5.32 Å². The van der Waals surface area contributed by atoms with Crippen molar-refractivity contribution in [2.75, 3.05) is 13.2 Å². The van der Waals surface area contributed by atoms with E-state index in [0.29, 0.717) is 6.04 Å². The molecule has 0 aliphatic heterocycles. The number of hydrogen-bond acceptors (Lipinski definition) is 2. The highest BCUT2D eigenvalue weighted by molar-refractivity contribution is 4.65. The van der Waals surface area contributed by atoms with Crippen molar-refractivity contribution in [2.45, 2.75) is 78.4 Å². The molecule has 0 amide bonds. The van der Waals surface area contributed by atoms with Crippen molar-refractivity contribution in [3.63, 3.8) is 0 Å². The van der Waals surface area contributed by atoms with Crippen molar-refractivity contribution in [3.8, 4) is 0 Å². The Labute approximate surface area is 102 Å². The summed E-state index contributed by atoms with van der Waals surface area (Å²) in [5.74, 6) is 0. The van der Waals surface area contributed by atoms with E-state index < -0.39 is 0 Å². The zero-order chi connectivity index (χ0) is 12.4. The normalized spacial score (nSPS) is 14.1. The van der Waals surface area contributed by atoms with Gasteiger partial charge in [0, 0.05) is 12.6 Å². The zero-order valence-electron chi connectivity index (χ0n) is 11.9. The molecule has 0 aromatic rings. The number of rotatable bonds is 10. The minimum Gasteiger partial charge on any atom is -0.376 e. The van der Waals surface area contributed by atoms with Crippen LogP contribution in [0.5, 0.6) is 0 Å². The summed E-state index contributed by atoms with van der Waals surface area (Å²) in [4.78, 5) is 0. The summed E-state index contributed by atoms with van der Waals surface area (Å²) >= 11 is 0. The summed E-state index contributed by atoms with van der Waals surface area (Å²) in [6.45, 7) is 13.0. The van der Waals surface area contributed by atoms with Crippen LogP contribution in [0.1, 0.15) is 66.7 Å². The van der Waals surface area contributed by atoms with E-state index in [1.165, 1.54) is 25.7 Å². The highest BCUT2D eigenvalue weighted by atomic mass is 16.5. The van der Waals surface area contributed by atoms with Crippen LogP contribution in [-0.2, 0) is 4.74 Å². The number of unbranched alkanes of at least 4 members (excludes halogenated alkanes) is 1. The first-order valence-corrected chi connectivity index (χ1v) is 6.89. The van der Waals surface area contributed by atoms with Crippen LogP contribution in [0.25, 0.3) is 0 Å². The summed E-state index contributed by atoms with van der Waals surface area (Å²) in [6, 6.07) is 0.652. The van der Waals surface area contributed by atoms with Crippen LogP contribution in [0.3, 0.4) is 0 Å². The van der Waals surface area contributed by atoms with Crippen molar-refractivity contribution in [3.05, 3.63) is 0 Å². The Kier molecular flexibility index (Phi) is 8.96. The van der Waals surface area contributed by atoms with Crippen LogP contribution in [-0.4, -0.2) is 24.8 Å². The number of nitrogens with one attached hydrogen (secondary N) is 1. The Morgan fingerprint density at radius 2 is 1.88 bits per heavy atom. The van der Waals surface area contributed by atoms with E-state index in [4.69, 9.17) is 4.74 Å². The molecule has 0 bridgehead atoms. The van der Waals surface area contributed by atoms with Crippen molar-refractivity contribution in [1.82, 2.24) is 5.32 Å². The largest absolute Gasteiger partial charge is 0.376 e. The highest BCUT2D eigenvalue weighted by Gasteiger charge is 2.14. The van der Waals surface area contributed by atoms with Crippen molar-refractivity contribution in [1.29, 1.82) is 0 Å². The van der Waals surface area contributed by atoms with Crippen LogP contribution in [0.2, 0.25) is 0 Å². The predicted molar refractivity (Wildman–Crippen MR) is 71.9 cm³/mol. The SMILES string of the molecule is CCCNC(C)CCCCOC(C)(C)CC. The van der Waals surface area contributed by atoms with Crippen molar-refractivity contribution in [2.24, 2.45) is 0 Å². The fourth-order valence-electron chi connectivity index (χ4n) is 1.50. The molecule has 0 aliphatic rings. The van der Waals surface area contributed by atoms with E-state index in [1.807, 2.05) is 0 Å². The third-order valence-electron chi connectivity index (χ3n) is 3.12. The van der Waals surface area contributed by atoms with E-state index in [2.05, 4.69) is 39.9 Å². The van der Waals surface area contributed by atoms with Gasteiger partial charge >= 0.3 is 0 Å². The number of hydrogen-bond donors (Lipinski definition) is 1. The quantitative estimate of drug-likeness (QED) is 0.576. The molecule has 0 heterocycles. The first-order chi connectivity index (χ1) is 7.52. The first-order valence-electron chi connectivity index (χ1n) is 6.89. The third kappa shape index (κ3) is 9.17. The van der Waals surface area contributed by atoms with Gasteiger partial charge in [0.2, 0.25) is 0 Å². The average molecular weight is 229 g/mol. The molecule has 16 heavy (non-hydrogen) atoms. The molecule has 2 nitrogen and oxygen atoms in total. The lowest BCUT2D eigenvalue weighted by atomic mass is 10.1. The number of ether oxygens (including phenoxy) is 1. The summed E-state index contributed by atoms with van der Waals surface area (Å²) in [5, 5.41) is 3.51. The van der Waals surface area contributed by atoms with E-state index in [0.717, 1.165) is 19.6 Å². The summed E-state index contributed by atoms with van der Waals surface area (Å²) in [6.07, 6.45) is 6.01. The lowest BCUT2D eigenvalue weighted by molar-refractivity contribution is -0.0217. The second-order valence-electron chi connectivity index (χ2n) is 5.31. The Morgan fingerprint density at radius 1 is 1.19 bits per heavy atom. The van der Waals surface area contributed by atoms with Gasteiger partial charge in [-0.05, 0) is 59.4 Å². The molecule has 98 valence electrons. The van der Waals surface area contributed by atoms with Crippen molar-refractivity contribution < 1.29 is 4.74 Å². The Morgan fingerprint density at radius 3 is 2.44 bits per heavy atom. The maximum Gasteiger partial charge on any atom is 0.0623 e. The van der Waals surface area contributed by atoms with Crippen LogP contribution >= 0.6 is 0 Å². The lowest BCUT2D eigenvalue weighted by Gasteiger charge is -2.23. The predicted octanol–water partition coefficient (Wildman–Crippen LogP) is 3.75. The Bertz CT molecular complexity index is 157. The maximum atomic E-state index is 5.82. The molecule has 0 spiro atoms. The van der Waals surface area contributed by atoms with Gasteiger partial charge in [-0.25, -0.2) is 0 Å². The Balaban J connectivity index is 3.33. The second-order valence-corrected chi connectivity index (χ2v) is 5.31. The second kappa shape index (κ2) is 9.00. The molecule has 0 aliphatic carbocycles. The summed E-state index contributed by atoms with van der Waals surface area (Å²) < 4.78 is 5.82. The van der Waals surface area contributed by atoms with Gasteiger partial charge < -0.3 is 10.1 Å². The maximum absolute atomic E-state index is 5.82. The van der Waals surface area contributed by atoms with Gasteiger partial charge in [-0.1, -0.05) is 13.8 Å². The van der Waals surface area contributed by atoms with Gasteiger partial charge in [0.25, 0.3) is 0 Å². The van der Waals surface area contributed by atoms with Gasteiger partial charge in [-0.3, -0.25) is 0 Å². The molecule has 0 saturated heterocycles. The van der Waals surface area contributed by atoms with Gasteiger partial charge in [-0.15, -0.1) is 0 Å². The molecule has 0 saturated carbocycles. The average Bonchev–Trinajstić information content (AvgIpc) is 2.25. The summed E-state index contributed by atoms with van der Waals surface area (Å²) in [7, 11) is 0. The molecule has 0 rings (SSSR count). The summed E-state index contributed by atoms with van der Waals surface area (Å²) in [5.41, 5.74) is 0.0616. The molecular formula is C14H31NO. The fourth-order valence-corrected chi connectivity index (χ4v) is 1.50. The molecular weight excluding hydrogens is 198 g/mol. The van der Waals surface area contributed by atoms with Gasteiger partial charge in [0.15, 0.2) is 0 Å². The van der Waals surface area contributed by atoms with Crippen LogP contribution in [0.4, 0.5) is 0 Å². The van der Waals surface area contributed by atoms with E-state index >= 15 is 0 Å². The van der Waals surface area contributed by atoms with E-state index in [1.54, 1.807) is 0 Å². The lowest BCUT2D eigenvalue weighted by Crippen LogP contribution is -2.27. The van der Waals surface area contributed by atoms with Gasteiger partial charge in [0.05, 0.1) is 5.60 Å². The minimum absolute atomic E-state index is 0.0616. The highest BCUT2D eigenvalue weighted by Crippen LogP contribution is 2.14. The van der Waals surface area contributed by atoms with Crippen molar-refractivity contribution >= 4 is 0 Å². The van der Waals surface area contributed by atoms with Gasteiger partial charge in [0.1, 0.15) is 0 Å². The van der Waals surface area contributed by atoms with E-state index in [-0.39, 0.29) is 5.60 Å². The minimum atomic E-state index is 0.0616. The monoisotopic (exact) mass is 229 g/mol. The van der Waals surface area contributed by atoms with E-state index in [9.17, 15) is 0 Å². The van der Waals surface area contributed by atoms with Crippen LogP contribution in [0.15, 0.2) is 0 Å². The molecule has 0 fully saturated rings. The molecule has 1 unspecified atom stereocenters. The first kappa shape index (κ1) is 15.9. The molecule has 0 radical (unpaired) electrons. The smallest absolute Gasteiger partial charge is 0.0623 e. The topological polar surface area (TPSA) is 21.3 Å². The Hall–Kier alpha value is -0.0800.